The molecular weight excluding hydrogens is 387 g/mol. The molecule has 110 valence electrons. The van der Waals surface area contributed by atoms with Gasteiger partial charge in [-0.1, -0.05) is 0 Å². The Labute approximate surface area is 134 Å². The molecule has 0 fully saturated rings. The highest BCUT2D eigenvalue weighted by Gasteiger charge is 2.14. The summed E-state index contributed by atoms with van der Waals surface area (Å²) in [7, 11) is 0. The van der Waals surface area contributed by atoms with Crippen LogP contribution in [0.5, 0.6) is 0 Å². The Morgan fingerprint density at radius 2 is 2.29 bits per heavy atom. The van der Waals surface area contributed by atoms with Gasteiger partial charge in [-0.3, -0.25) is 19.6 Å². The first-order chi connectivity index (χ1) is 10.1. The van der Waals surface area contributed by atoms with E-state index in [9.17, 15) is 14.9 Å². The molecule has 0 saturated heterocycles. The van der Waals surface area contributed by atoms with Gasteiger partial charge < -0.3 is 5.32 Å². The number of aryl methyl sites for hydroxylation is 1. The standard InChI is InChI=1S/C13H13IN4O3/c14-12-4-3-10(18(20)21)9-11(12)13(19)15-5-1-7-17-8-2-6-16-17/h2-4,6,8-9H,1,5,7H2,(H,15,19). The largest absolute Gasteiger partial charge is 0.352 e. The van der Waals surface area contributed by atoms with Crippen LogP contribution in [0.2, 0.25) is 0 Å². The molecule has 1 heterocycles. The Bertz CT molecular complexity index is 643. The number of hydrogen-bond donors (Lipinski definition) is 1. The summed E-state index contributed by atoms with van der Waals surface area (Å²) in [6.07, 6.45) is 4.29. The van der Waals surface area contributed by atoms with Gasteiger partial charge in [0.1, 0.15) is 0 Å². The Kier molecular flexibility index (Phi) is 5.26. The molecule has 0 unspecified atom stereocenters. The average molecular weight is 400 g/mol. The lowest BCUT2D eigenvalue weighted by Gasteiger charge is -2.07. The highest BCUT2D eigenvalue weighted by Crippen LogP contribution is 2.19. The zero-order valence-corrected chi connectivity index (χ0v) is 13.2. The third-order valence-electron chi connectivity index (χ3n) is 2.81. The average Bonchev–Trinajstić information content (AvgIpc) is 2.96. The Balaban J connectivity index is 1.90. The van der Waals surface area contributed by atoms with Gasteiger partial charge in [-0.2, -0.15) is 5.10 Å². The molecule has 0 bridgehead atoms. The number of aromatic nitrogens is 2. The van der Waals surface area contributed by atoms with E-state index in [1.807, 2.05) is 34.9 Å². The Morgan fingerprint density at radius 3 is 2.95 bits per heavy atom. The fourth-order valence-corrected chi connectivity index (χ4v) is 2.35. The van der Waals surface area contributed by atoms with Gasteiger partial charge in [0.15, 0.2) is 0 Å². The van der Waals surface area contributed by atoms with Gasteiger partial charge in [-0.05, 0) is 41.1 Å². The molecule has 1 N–H and O–H groups in total. The molecule has 1 amide bonds. The summed E-state index contributed by atoms with van der Waals surface area (Å²) >= 11 is 1.99. The van der Waals surface area contributed by atoms with Crippen molar-refractivity contribution in [2.24, 2.45) is 0 Å². The van der Waals surface area contributed by atoms with Crippen molar-refractivity contribution in [1.82, 2.24) is 15.1 Å². The van der Waals surface area contributed by atoms with E-state index in [4.69, 9.17) is 0 Å². The summed E-state index contributed by atoms with van der Waals surface area (Å²) in [5, 5.41) is 17.6. The Morgan fingerprint density at radius 1 is 1.48 bits per heavy atom. The second kappa shape index (κ2) is 7.16. The fourth-order valence-electron chi connectivity index (χ4n) is 1.77. The molecule has 1 aromatic heterocycles. The smallest absolute Gasteiger partial charge is 0.270 e. The lowest BCUT2D eigenvalue weighted by atomic mass is 10.2. The summed E-state index contributed by atoms with van der Waals surface area (Å²) in [5.74, 6) is -0.302. The number of hydrogen-bond acceptors (Lipinski definition) is 4. The minimum absolute atomic E-state index is 0.0860. The minimum atomic E-state index is -0.509. The predicted octanol–water partition coefficient (Wildman–Crippen LogP) is 2.22. The predicted molar refractivity (Wildman–Crippen MR) is 85.0 cm³/mol. The van der Waals surface area contributed by atoms with E-state index >= 15 is 0 Å². The highest BCUT2D eigenvalue weighted by atomic mass is 127. The second-order valence-electron chi connectivity index (χ2n) is 4.30. The van der Waals surface area contributed by atoms with E-state index < -0.39 is 4.92 Å². The lowest BCUT2D eigenvalue weighted by Crippen LogP contribution is -2.26. The molecule has 1 aromatic carbocycles. The van der Waals surface area contributed by atoms with Gasteiger partial charge in [-0.15, -0.1) is 0 Å². The number of non-ortho nitro benzene ring substituents is 1. The molecule has 7 nitrogen and oxygen atoms in total. The molecule has 0 aliphatic carbocycles. The lowest BCUT2D eigenvalue weighted by molar-refractivity contribution is -0.384. The first-order valence-corrected chi connectivity index (χ1v) is 7.35. The molecular formula is C13H13IN4O3. The topological polar surface area (TPSA) is 90.1 Å². The normalized spacial score (nSPS) is 10.3. The van der Waals surface area contributed by atoms with Crippen LogP contribution in [0.3, 0.4) is 0 Å². The minimum Gasteiger partial charge on any atom is -0.352 e. The number of nitro benzene ring substituents is 1. The summed E-state index contributed by atoms with van der Waals surface area (Å²) in [6.45, 7) is 1.19. The maximum Gasteiger partial charge on any atom is 0.270 e. The fraction of sp³-hybridized carbons (Fsp3) is 0.231. The first-order valence-electron chi connectivity index (χ1n) is 6.27. The van der Waals surface area contributed by atoms with E-state index in [1.54, 1.807) is 16.9 Å². The van der Waals surface area contributed by atoms with Crippen LogP contribution in [0.15, 0.2) is 36.7 Å². The van der Waals surface area contributed by atoms with Crippen molar-refractivity contribution in [3.05, 3.63) is 55.9 Å². The van der Waals surface area contributed by atoms with Crippen molar-refractivity contribution < 1.29 is 9.72 Å². The number of carbonyl (C=O) groups is 1. The molecule has 8 heteroatoms. The van der Waals surface area contributed by atoms with Crippen LogP contribution < -0.4 is 5.32 Å². The molecule has 0 spiro atoms. The summed E-state index contributed by atoms with van der Waals surface area (Å²) in [5.41, 5.74) is 0.237. The molecule has 0 aliphatic rings. The van der Waals surface area contributed by atoms with Crippen molar-refractivity contribution in [1.29, 1.82) is 0 Å². The molecule has 0 saturated carbocycles. The third-order valence-corrected chi connectivity index (χ3v) is 3.75. The van der Waals surface area contributed by atoms with Crippen molar-refractivity contribution in [3.63, 3.8) is 0 Å². The van der Waals surface area contributed by atoms with Crippen molar-refractivity contribution in [2.45, 2.75) is 13.0 Å². The summed E-state index contributed by atoms with van der Waals surface area (Å²) < 4.78 is 2.46. The van der Waals surface area contributed by atoms with Crippen LogP contribution in [0.1, 0.15) is 16.8 Å². The van der Waals surface area contributed by atoms with Crippen molar-refractivity contribution in [3.8, 4) is 0 Å². The number of halogens is 1. The number of carbonyl (C=O) groups excluding carboxylic acids is 1. The number of nitro groups is 1. The summed E-state index contributed by atoms with van der Waals surface area (Å²) in [4.78, 5) is 22.3. The van der Waals surface area contributed by atoms with Crippen LogP contribution in [0, 0.1) is 13.7 Å². The molecule has 21 heavy (non-hydrogen) atoms. The zero-order chi connectivity index (χ0) is 15.2. The molecule has 0 atom stereocenters. The number of amides is 1. The maximum absolute atomic E-state index is 12.0. The van der Waals surface area contributed by atoms with E-state index in [0.717, 1.165) is 6.42 Å². The van der Waals surface area contributed by atoms with E-state index in [1.165, 1.54) is 12.1 Å². The molecule has 2 aromatic rings. The number of benzene rings is 1. The summed E-state index contributed by atoms with van der Waals surface area (Å²) in [6, 6.07) is 6.09. The van der Waals surface area contributed by atoms with E-state index in [2.05, 4.69) is 10.4 Å². The molecule has 0 radical (unpaired) electrons. The van der Waals surface area contributed by atoms with Crippen LogP contribution in [-0.2, 0) is 6.54 Å². The van der Waals surface area contributed by atoms with Gasteiger partial charge in [0.05, 0.1) is 10.5 Å². The van der Waals surface area contributed by atoms with Gasteiger partial charge >= 0.3 is 0 Å². The number of rotatable bonds is 6. The van der Waals surface area contributed by atoms with Crippen LogP contribution in [-0.4, -0.2) is 27.2 Å². The highest BCUT2D eigenvalue weighted by molar-refractivity contribution is 14.1. The van der Waals surface area contributed by atoms with Gasteiger partial charge in [-0.25, -0.2) is 0 Å². The Hall–Kier alpha value is -1.97. The van der Waals surface area contributed by atoms with Crippen molar-refractivity contribution in [2.75, 3.05) is 6.54 Å². The van der Waals surface area contributed by atoms with Crippen LogP contribution >= 0.6 is 22.6 Å². The SMILES string of the molecule is O=C(NCCCn1cccn1)c1cc([N+](=O)[O-])ccc1I. The van der Waals surface area contributed by atoms with Crippen LogP contribution in [0.4, 0.5) is 5.69 Å². The number of nitrogens with zero attached hydrogens (tertiary/aromatic N) is 3. The van der Waals surface area contributed by atoms with E-state index in [-0.39, 0.29) is 11.6 Å². The van der Waals surface area contributed by atoms with Crippen LogP contribution in [0.25, 0.3) is 0 Å². The zero-order valence-electron chi connectivity index (χ0n) is 11.0. The third kappa shape index (κ3) is 4.25. The molecule has 0 aliphatic heterocycles. The second-order valence-corrected chi connectivity index (χ2v) is 5.46. The first kappa shape index (κ1) is 15.4. The maximum atomic E-state index is 12.0. The van der Waals surface area contributed by atoms with E-state index in [0.29, 0.717) is 22.2 Å². The van der Waals surface area contributed by atoms with Gasteiger partial charge in [0, 0.05) is 41.2 Å². The quantitative estimate of drug-likeness (QED) is 0.349. The van der Waals surface area contributed by atoms with Gasteiger partial charge in [0.25, 0.3) is 11.6 Å². The van der Waals surface area contributed by atoms with Gasteiger partial charge in [0.2, 0.25) is 0 Å². The molecule has 2 rings (SSSR count). The van der Waals surface area contributed by atoms with Crippen molar-refractivity contribution >= 4 is 34.2 Å². The monoisotopic (exact) mass is 400 g/mol. The number of nitrogens with one attached hydrogen (secondary N) is 1.